The molecule has 0 aromatic heterocycles. The molecule has 37 heavy (non-hydrogen) atoms. The van der Waals surface area contributed by atoms with Crippen molar-refractivity contribution in [3.05, 3.63) is 108 Å². The van der Waals surface area contributed by atoms with Crippen LogP contribution in [0.5, 0.6) is 0 Å². The SMILES string of the molecule is CC(=O)C1(O)O[C@@](CO)(C(=O)c2ccccc2)[C@](O)(C(=O)c2ccccc2)[C@]1(O)C(=O)c1ccccc1. The quantitative estimate of drug-likeness (QED) is 0.330. The molecule has 1 heterocycles. The van der Waals surface area contributed by atoms with Gasteiger partial charge >= 0.3 is 0 Å². The predicted octanol–water partition coefficient (Wildman–Crippen LogP) is 1.14. The number of carbonyl (C=O) groups excluding carboxylic acids is 4. The molecule has 1 saturated heterocycles. The van der Waals surface area contributed by atoms with Crippen molar-refractivity contribution in [2.45, 2.75) is 29.5 Å². The van der Waals surface area contributed by atoms with Crippen LogP contribution in [-0.2, 0) is 9.53 Å². The molecule has 0 amide bonds. The first-order chi connectivity index (χ1) is 17.5. The summed E-state index contributed by atoms with van der Waals surface area (Å²) < 4.78 is 5.44. The van der Waals surface area contributed by atoms with Gasteiger partial charge in [-0.3, -0.25) is 19.2 Å². The minimum atomic E-state index is -3.77. The molecular formula is C28H24O9. The second-order valence-corrected chi connectivity index (χ2v) is 8.79. The van der Waals surface area contributed by atoms with Crippen molar-refractivity contribution in [1.82, 2.24) is 0 Å². The summed E-state index contributed by atoms with van der Waals surface area (Å²) in [5.74, 6) is -9.18. The summed E-state index contributed by atoms with van der Waals surface area (Å²) in [6.07, 6.45) is 0. The first-order valence-electron chi connectivity index (χ1n) is 11.3. The number of hydrogen-bond donors (Lipinski definition) is 4. The number of hydrogen-bond acceptors (Lipinski definition) is 9. The van der Waals surface area contributed by atoms with Crippen molar-refractivity contribution in [2.75, 3.05) is 6.61 Å². The highest BCUT2D eigenvalue weighted by Crippen LogP contribution is 2.55. The molecule has 0 bridgehead atoms. The molecule has 1 aliphatic heterocycles. The van der Waals surface area contributed by atoms with E-state index >= 15 is 0 Å². The Morgan fingerprint density at radius 3 is 1.32 bits per heavy atom. The Balaban J connectivity index is 2.12. The van der Waals surface area contributed by atoms with Gasteiger partial charge in [0.15, 0.2) is 11.4 Å². The van der Waals surface area contributed by atoms with E-state index in [4.69, 9.17) is 4.74 Å². The lowest BCUT2D eigenvalue weighted by Gasteiger charge is -2.43. The van der Waals surface area contributed by atoms with Crippen LogP contribution in [0, 0.1) is 0 Å². The molecule has 190 valence electrons. The van der Waals surface area contributed by atoms with Gasteiger partial charge in [-0.2, -0.15) is 0 Å². The lowest BCUT2D eigenvalue weighted by atomic mass is 9.62. The van der Waals surface area contributed by atoms with E-state index in [1.54, 1.807) is 18.2 Å². The summed E-state index contributed by atoms with van der Waals surface area (Å²) in [5.41, 5.74) is -11.4. The van der Waals surface area contributed by atoms with Gasteiger partial charge in [0.05, 0.1) is 6.61 Å². The fraction of sp³-hybridized carbons (Fsp3) is 0.214. The summed E-state index contributed by atoms with van der Waals surface area (Å²) in [6, 6.07) is 20.7. The number of ether oxygens (including phenoxy) is 1. The molecule has 0 radical (unpaired) electrons. The predicted molar refractivity (Wildman–Crippen MR) is 129 cm³/mol. The molecule has 4 N–H and O–H groups in total. The maximum atomic E-state index is 14.0. The number of aliphatic hydroxyl groups is 4. The van der Waals surface area contributed by atoms with Crippen LogP contribution in [0.3, 0.4) is 0 Å². The molecule has 1 unspecified atom stereocenters. The first kappa shape index (κ1) is 26.2. The summed E-state index contributed by atoms with van der Waals surface area (Å²) in [6.45, 7) is -0.743. The number of carbonyl (C=O) groups is 4. The van der Waals surface area contributed by atoms with E-state index in [1.807, 2.05) is 0 Å². The monoisotopic (exact) mass is 504 g/mol. The normalized spacial score (nSPS) is 29.0. The zero-order valence-electron chi connectivity index (χ0n) is 19.7. The Hall–Kier alpha value is -3.86. The lowest BCUT2D eigenvalue weighted by molar-refractivity contribution is -0.246. The second kappa shape index (κ2) is 9.22. The standard InChI is InChI=1S/C28H24O9/c1-18(30)28(36)27(35,24(33)21-15-9-4-10-16-21)26(34,23(32)20-13-7-3-8-14-20)25(17-29,37-28)22(31)19-11-5-2-6-12-19/h2-16,29,34-36H,17H2,1H3/t25-,26+,27+,28?/m0/s1. The van der Waals surface area contributed by atoms with Crippen LogP contribution in [0.2, 0.25) is 0 Å². The van der Waals surface area contributed by atoms with E-state index in [9.17, 15) is 39.6 Å². The smallest absolute Gasteiger partial charge is 0.268 e. The lowest BCUT2D eigenvalue weighted by Crippen LogP contribution is -2.76. The van der Waals surface area contributed by atoms with Crippen molar-refractivity contribution in [3.63, 3.8) is 0 Å². The van der Waals surface area contributed by atoms with Gasteiger partial charge in [-0.1, -0.05) is 91.0 Å². The van der Waals surface area contributed by atoms with E-state index in [0.717, 1.165) is 6.92 Å². The molecule has 3 aromatic rings. The molecule has 4 rings (SSSR count). The van der Waals surface area contributed by atoms with Crippen molar-refractivity contribution < 1.29 is 44.3 Å². The van der Waals surface area contributed by atoms with Crippen LogP contribution >= 0.6 is 0 Å². The van der Waals surface area contributed by atoms with E-state index in [1.165, 1.54) is 72.8 Å². The Kier molecular flexibility index (Phi) is 6.53. The summed E-state index contributed by atoms with van der Waals surface area (Å²) in [5, 5.41) is 46.4. The molecule has 1 fully saturated rings. The van der Waals surface area contributed by atoms with Gasteiger partial charge in [0.25, 0.3) is 5.79 Å². The maximum Gasteiger partial charge on any atom is 0.268 e. The molecule has 3 aromatic carbocycles. The van der Waals surface area contributed by atoms with Gasteiger partial charge in [0.1, 0.15) is 0 Å². The van der Waals surface area contributed by atoms with Crippen LogP contribution in [0.1, 0.15) is 38.0 Å². The van der Waals surface area contributed by atoms with Crippen molar-refractivity contribution in [3.8, 4) is 0 Å². The van der Waals surface area contributed by atoms with Crippen molar-refractivity contribution >= 4 is 23.1 Å². The molecule has 0 aliphatic carbocycles. The van der Waals surface area contributed by atoms with Gasteiger partial charge < -0.3 is 25.2 Å². The third-order valence-corrected chi connectivity index (χ3v) is 6.75. The molecule has 9 heteroatoms. The average molecular weight is 504 g/mol. The highest BCUT2D eigenvalue weighted by molar-refractivity contribution is 6.21. The average Bonchev–Trinajstić information content (AvgIpc) is 3.11. The zero-order valence-corrected chi connectivity index (χ0v) is 19.7. The second-order valence-electron chi connectivity index (χ2n) is 8.79. The van der Waals surface area contributed by atoms with Crippen LogP contribution in [0.4, 0.5) is 0 Å². The highest BCUT2D eigenvalue weighted by atomic mass is 16.7. The fourth-order valence-electron chi connectivity index (χ4n) is 4.78. The highest BCUT2D eigenvalue weighted by Gasteiger charge is 2.88. The summed E-state index contributed by atoms with van der Waals surface area (Å²) in [4.78, 5) is 54.6. The Morgan fingerprint density at radius 1 is 0.622 bits per heavy atom. The Labute approximate surface area is 211 Å². The molecular weight excluding hydrogens is 480 g/mol. The van der Waals surface area contributed by atoms with E-state index in [-0.39, 0.29) is 16.7 Å². The topological polar surface area (TPSA) is 158 Å². The van der Waals surface area contributed by atoms with Gasteiger partial charge in [-0.15, -0.1) is 0 Å². The third-order valence-electron chi connectivity index (χ3n) is 6.75. The van der Waals surface area contributed by atoms with Gasteiger partial charge in [-0.05, 0) is 0 Å². The molecule has 0 saturated carbocycles. The van der Waals surface area contributed by atoms with E-state index in [0.29, 0.717) is 0 Å². The van der Waals surface area contributed by atoms with Crippen LogP contribution in [0.15, 0.2) is 91.0 Å². The fourth-order valence-corrected chi connectivity index (χ4v) is 4.78. The minimum Gasteiger partial charge on any atom is -0.393 e. The van der Waals surface area contributed by atoms with Gasteiger partial charge in [0, 0.05) is 23.6 Å². The van der Waals surface area contributed by atoms with Gasteiger partial charge in [0.2, 0.25) is 28.6 Å². The third kappa shape index (κ3) is 3.44. The van der Waals surface area contributed by atoms with Crippen LogP contribution in [-0.4, -0.2) is 72.8 Å². The number of benzene rings is 3. The Bertz CT molecular complexity index is 1360. The van der Waals surface area contributed by atoms with E-state index in [2.05, 4.69) is 0 Å². The molecule has 1 aliphatic rings. The molecule has 9 nitrogen and oxygen atoms in total. The van der Waals surface area contributed by atoms with Crippen molar-refractivity contribution in [2.24, 2.45) is 0 Å². The van der Waals surface area contributed by atoms with Gasteiger partial charge in [-0.25, -0.2) is 0 Å². The number of Topliss-reactive ketones (excluding diaryl/α,β-unsaturated/α-hetero) is 4. The first-order valence-corrected chi connectivity index (χ1v) is 11.3. The number of ketones is 4. The summed E-state index contributed by atoms with van der Waals surface area (Å²) >= 11 is 0. The molecule has 0 spiro atoms. The summed E-state index contributed by atoms with van der Waals surface area (Å²) in [7, 11) is 0. The van der Waals surface area contributed by atoms with E-state index < -0.39 is 52.3 Å². The number of rotatable bonds is 8. The maximum absolute atomic E-state index is 14.0. The zero-order chi connectivity index (χ0) is 27.1. The molecule has 4 atom stereocenters. The minimum absolute atomic E-state index is 0.196. The van der Waals surface area contributed by atoms with Crippen molar-refractivity contribution in [1.29, 1.82) is 0 Å². The largest absolute Gasteiger partial charge is 0.393 e. The number of aliphatic hydroxyl groups excluding tert-OH is 1. The van der Waals surface area contributed by atoms with Crippen LogP contribution < -0.4 is 0 Å². The Morgan fingerprint density at radius 2 is 0.973 bits per heavy atom. The van der Waals surface area contributed by atoms with Crippen LogP contribution in [0.25, 0.3) is 0 Å².